The number of aromatic amines is 1. The zero-order chi connectivity index (χ0) is 12.7. The van der Waals surface area contributed by atoms with Crippen molar-refractivity contribution < 1.29 is 0 Å². The van der Waals surface area contributed by atoms with E-state index in [9.17, 15) is 0 Å². The van der Waals surface area contributed by atoms with Crippen LogP contribution in [-0.2, 0) is 7.05 Å². The summed E-state index contributed by atoms with van der Waals surface area (Å²) in [6.45, 7) is 1.88. The van der Waals surface area contributed by atoms with E-state index in [4.69, 9.17) is 11.6 Å². The molecule has 3 aromatic rings. The number of H-pyrrole nitrogens is 1. The summed E-state index contributed by atoms with van der Waals surface area (Å²) in [6.07, 6.45) is 1.56. The lowest BCUT2D eigenvalue weighted by Crippen LogP contribution is -1.95. The number of nitrogens with one attached hydrogen (secondary N) is 1. The van der Waals surface area contributed by atoms with Gasteiger partial charge in [0.15, 0.2) is 10.8 Å². The van der Waals surface area contributed by atoms with Gasteiger partial charge in [0.05, 0.1) is 6.33 Å². The molecule has 9 heteroatoms. The van der Waals surface area contributed by atoms with Crippen LogP contribution in [0.25, 0.3) is 11.2 Å². The molecule has 0 bridgehead atoms. The summed E-state index contributed by atoms with van der Waals surface area (Å²) < 4.78 is 1.88. The molecule has 0 aliphatic rings. The van der Waals surface area contributed by atoms with Crippen LogP contribution in [0.3, 0.4) is 0 Å². The van der Waals surface area contributed by atoms with Crippen LogP contribution in [0.1, 0.15) is 5.82 Å². The Bertz CT molecular complexity index is 719. The van der Waals surface area contributed by atoms with E-state index in [1.54, 1.807) is 6.33 Å². The standard InChI is InChI=1S/C9H8ClN7S/c1-4-15-16-9(17(4)2)18-7-5-6(12-3-11-5)13-8(10)14-7/h3H,1-2H3,(H,11,12,13,14). The van der Waals surface area contributed by atoms with Gasteiger partial charge < -0.3 is 9.55 Å². The number of halogens is 1. The minimum absolute atomic E-state index is 0.163. The van der Waals surface area contributed by atoms with Crippen molar-refractivity contribution in [2.24, 2.45) is 7.05 Å². The summed E-state index contributed by atoms with van der Waals surface area (Å²) in [4.78, 5) is 15.3. The van der Waals surface area contributed by atoms with Gasteiger partial charge in [0.1, 0.15) is 16.4 Å². The fraction of sp³-hybridized carbons (Fsp3) is 0.222. The molecule has 0 fully saturated rings. The van der Waals surface area contributed by atoms with Crippen LogP contribution in [0.5, 0.6) is 0 Å². The second-order valence-electron chi connectivity index (χ2n) is 3.59. The van der Waals surface area contributed by atoms with Gasteiger partial charge in [-0.2, -0.15) is 4.98 Å². The lowest BCUT2D eigenvalue weighted by atomic mass is 10.6. The SMILES string of the molecule is Cc1nnc(Sc2nc(Cl)nc3nc[nH]c23)n1C. The van der Waals surface area contributed by atoms with Crippen LogP contribution in [0, 0.1) is 6.92 Å². The second-order valence-corrected chi connectivity index (χ2v) is 4.88. The van der Waals surface area contributed by atoms with Gasteiger partial charge >= 0.3 is 0 Å². The molecule has 3 aromatic heterocycles. The van der Waals surface area contributed by atoms with Crippen molar-refractivity contribution in [2.75, 3.05) is 0 Å². The van der Waals surface area contributed by atoms with Crippen LogP contribution in [0.4, 0.5) is 0 Å². The molecule has 0 aromatic carbocycles. The molecule has 0 aliphatic heterocycles. The second kappa shape index (κ2) is 4.21. The molecule has 7 nitrogen and oxygen atoms in total. The van der Waals surface area contributed by atoms with Gasteiger partial charge in [0, 0.05) is 7.05 Å². The first kappa shape index (κ1) is 11.4. The maximum absolute atomic E-state index is 5.86. The highest BCUT2D eigenvalue weighted by molar-refractivity contribution is 7.99. The molecule has 0 amide bonds. The Hall–Kier alpha value is -1.67. The summed E-state index contributed by atoms with van der Waals surface area (Å²) in [5.41, 5.74) is 1.28. The third kappa shape index (κ3) is 1.83. The highest BCUT2D eigenvalue weighted by Gasteiger charge is 2.14. The zero-order valence-electron chi connectivity index (χ0n) is 9.55. The van der Waals surface area contributed by atoms with Crippen molar-refractivity contribution in [3.05, 3.63) is 17.4 Å². The largest absolute Gasteiger partial charge is 0.341 e. The highest BCUT2D eigenvalue weighted by Crippen LogP contribution is 2.29. The fourth-order valence-electron chi connectivity index (χ4n) is 1.42. The summed E-state index contributed by atoms with van der Waals surface area (Å²) in [5, 5.41) is 9.64. The minimum Gasteiger partial charge on any atom is -0.341 e. The van der Waals surface area contributed by atoms with Gasteiger partial charge in [-0.25, -0.2) is 9.97 Å². The van der Waals surface area contributed by atoms with Gasteiger partial charge in [-0.3, -0.25) is 0 Å². The van der Waals surface area contributed by atoms with Crippen LogP contribution in [-0.4, -0.2) is 34.7 Å². The summed E-state index contributed by atoms with van der Waals surface area (Å²) >= 11 is 7.23. The van der Waals surface area contributed by atoms with E-state index in [2.05, 4.69) is 30.1 Å². The molecular formula is C9H8ClN7S. The van der Waals surface area contributed by atoms with Crippen LogP contribution in [0.15, 0.2) is 16.5 Å². The Balaban J connectivity index is 2.09. The van der Waals surface area contributed by atoms with Gasteiger partial charge in [-0.05, 0) is 30.3 Å². The van der Waals surface area contributed by atoms with Crippen molar-refractivity contribution in [1.82, 2.24) is 34.7 Å². The van der Waals surface area contributed by atoms with E-state index in [0.717, 1.165) is 16.5 Å². The predicted molar refractivity (Wildman–Crippen MR) is 66.6 cm³/mol. The maximum Gasteiger partial charge on any atom is 0.225 e. The van der Waals surface area contributed by atoms with E-state index < -0.39 is 0 Å². The first-order valence-corrected chi connectivity index (χ1v) is 6.25. The Morgan fingerprint density at radius 2 is 2.17 bits per heavy atom. The fourth-order valence-corrected chi connectivity index (χ4v) is 2.54. The number of hydrogen-bond acceptors (Lipinski definition) is 6. The molecule has 3 rings (SSSR count). The zero-order valence-corrected chi connectivity index (χ0v) is 11.1. The first-order valence-electron chi connectivity index (χ1n) is 5.05. The van der Waals surface area contributed by atoms with E-state index >= 15 is 0 Å². The average molecular weight is 282 g/mol. The van der Waals surface area contributed by atoms with Gasteiger partial charge in [-0.1, -0.05) is 0 Å². The van der Waals surface area contributed by atoms with Crippen LogP contribution in [0.2, 0.25) is 5.28 Å². The summed E-state index contributed by atoms with van der Waals surface area (Å²) in [7, 11) is 1.89. The number of fused-ring (bicyclic) bond motifs is 1. The van der Waals surface area contributed by atoms with Gasteiger partial charge in [0.2, 0.25) is 5.28 Å². The molecule has 0 radical (unpaired) electrons. The highest BCUT2D eigenvalue weighted by atomic mass is 35.5. The lowest BCUT2D eigenvalue weighted by molar-refractivity contribution is 0.764. The molecule has 0 saturated carbocycles. The molecule has 0 unspecified atom stereocenters. The van der Waals surface area contributed by atoms with Crippen molar-refractivity contribution >= 4 is 34.5 Å². The lowest BCUT2D eigenvalue weighted by Gasteiger charge is -2.02. The van der Waals surface area contributed by atoms with Crippen molar-refractivity contribution in [3.63, 3.8) is 0 Å². The Morgan fingerprint density at radius 3 is 2.89 bits per heavy atom. The van der Waals surface area contributed by atoms with E-state index in [-0.39, 0.29) is 5.28 Å². The third-order valence-electron chi connectivity index (χ3n) is 2.47. The number of hydrogen-bond donors (Lipinski definition) is 1. The van der Waals surface area contributed by atoms with E-state index in [0.29, 0.717) is 10.7 Å². The molecular weight excluding hydrogens is 274 g/mol. The third-order valence-corrected chi connectivity index (χ3v) is 3.66. The molecule has 0 aliphatic carbocycles. The predicted octanol–water partition coefficient (Wildman–Crippen LogP) is 1.59. The van der Waals surface area contributed by atoms with Crippen molar-refractivity contribution in [2.45, 2.75) is 17.1 Å². The number of rotatable bonds is 2. The maximum atomic E-state index is 5.86. The minimum atomic E-state index is 0.163. The van der Waals surface area contributed by atoms with Crippen LogP contribution < -0.4 is 0 Å². The van der Waals surface area contributed by atoms with Crippen molar-refractivity contribution in [1.29, 1.82) is 0 Å². The van der Waals surface area contributed by atoms with Gasteiger partial charge in [-0.15, -0.1) is 10.2 Å². The molecule has 1 N–H and O–H groups in total. The molecule has 3 heterocycles. The molecule has 0 spiro atoms. The van der Waals surface area contributed by atoms with E-state index in [1.807, 2.05) is 18.5 Å². The number of aromatic nitrogens is 7. The summed E-state index contributed by atoms with van der Waals surface area (Å²) in [6, 6.07) is 0. The van der Waals surface area contributed by atoms with E-state index in [1.165, 1.54) is 11.8 Å². The number of aryl methyl sites for hydroxylation is 1. The Morgan fingerprint density at radius 1 is 1.33 bits per heavy atom. The smallest absolute Gasteiger partial charge is 0.225 e. The molecule has 0 atom stereocenters. The normalized spacial score (nSPS) is 11.3. The average Bonchev–Trinajstić information content (AvgIpc) is 2.90. The molecule has 0 saturated heterocycles. The molecule has 18 heavy (non-hydrogen) atoms. The Kier molecular flexibility index (Phi) is 2.67. The van der Waals surface area contributed by atoms with Gasteiger partial charge in [0.25, 0.3) is 0 Å². The number of imidazole rings is 1. The first-order chi connectivity index (χ1) is 8.65. The quantitative estimate of drug-likeness (QED) is 0.567. The Labute approximate surface area is 111 Å². The molecule has 92 valence electrons. The van der Waals surface area contributed by atoms with Crippen LogP contribution >= 0.6 is 23.4 Å². The van der Waals surface area contributed by atoms with Crippen molar-refractivity contribution in [3.8, 4) is 0 Å². The number of nitrogens with zero attached hydrogens (tertiary/aromatic N) is 6. The topological polar surface area (TPSA) is 85.2 Å². The summed E-state index contributed by atoms with van der Waals surface area (Å²) in [5.74, 6) is 0.832. The monoisotopic (exact) mass is 281 g/mol.